The first-order valence-electron chi connectivity index (χ1n) is 9.07. The minimum atomic E-state index is -0.393. The highest BCUT2D eigenvalue weighted by Gasteiger charge is 2.19. The topological polar surface area (TPSA) is 100 Å². The fraction of sp³-hybridized carbons (Fsp3) is 0.350. The number of aryl methyl sites for hydroxylation is 2. The Kier molecular flexibility index (Phi) is 5.79. The molecule has 2 aromatic heterocycles. The highest BCUT2D eigenvalue weighted by molar-refractivity contribution is 6.01. The van der Waals surface area contributed by atoms with E-state index >= 15 is 0 Å². The molecule has 0 saturated carbocycles. The fourth-order valence-electron chi connectivity index (χ4n) is 3.17. The zero-order chi connectivity index (χ0) is 20.3. The summed E-state index contributed by atoms with van der Waals surface area (Å²) in [6.07, 6.45) is 0. The summed E-state index contributed by atoms with van der Waals surface area (Å²) in [4.78, 5) is 26.4. The van der Waals surface area contributed by atoms with E-state index in [1.807, 2.05) is 43.1 Å². The van der Waals surface area contributed by atoms with Gasteiger partial charge in [0.2, 0.25) is 11.8 Å². The van der Waals surface area contributed by atoms with Gasteiger partial charge >= 0.3 is 0 Å². The number of fused-ring (bicyclic) bond motifs is 1. The van der Waals surface area contributed by atoms with Crippen LogP contribution < -0.4 is 15.6 Å². The predicted octanol–water partition coefficient (Wildman–Crippen LogP) is 2.60. The van der Waals surface area contributed by atoms with Gasteiger partial charge in [0.15, 0.2) is 0 Å². The highest BCUT2D eigenvalue weighted by atomic mass is 16.5. The molecule has 8 heteroatoms. The monoisotopic (exact) mass is 384 g/mol. The number of benzene rings is 1. The van der Waals surface area contributed by atoms with Crippen molar-refractivity contribution in [1.82, 2.24) is 15.1 Å². The molecule has 0 atom stereocenters. The van der Waals surface area contributed by atoms with Gasteiger partial charge in [-0.3, -0.25) is 19.8 Å². The maximum absolute atomic E-state index is 12.4. The van der Waals surface area contributed by atoms with Gasteiger partial charge in [0.05, 0.1) is 24.2 Å². The number of amides is 1. The van der Waals surface area contributed by atoms with Crippen LogP contribution in [0.2, 0.25) is 0 Å². The molecule has 0 fully saturated rings. The van der Waals surface area contributed by atoms with Crippen LogP contribution in [0.5, 0.6) is 5.75 Å². The second kappa shape index (κ2) is 8.26. The molecule has 0 spiro atoms. The zero-order valence-corrected chi connectivity index (χ0v) is 16.5. The van der Waals surface area contributed by atoms with Gasteiger partial charge in [0.1, 0.15) is 16.9 Å². The van der Waals surface area contributed by atoms with E-state index in [0.29, 0.717) is 35.4 Å². The van der Waals surface area contributed by atoms with Crippen LogP contribution in [0.25, 0.3) is 10.8 Å². The lowest BCUT2D eigenvalue weighted by Gasteiger charge is -2.16. The van der Waals surface area contributed by atoms with Crippen LogP contribution in [-0.4, -0.2) is 41.2 Å². The first kappa shape index (κ1) is 19.6. The Balaban J connectivity index is 1.66. The van der Waals surface area contributed by atoms with Crippen molar-refractivity contribution in [2.24, 2.45) is 0 Å². The average Bonchev–Trinajstić information content (AvgIpc) is 2.97. The molecule has 2 N–H and O–H groups in total. The Labute approximate surface area is 162 Å². The summed E-state index contributed by atoms with van der Waals surface area (Å²) < 4.78 is 11.0. The Morgan fingerprint density at radius 2 is 1.96 bits per heavy atom. The number of carbonyl (C=O) groups is 1. The number of nitrogens with one attached hydrogen (secondary N) is 2. The number of H-pyrrole nitrogens is 1. The fourth-order valence-corrected chi connectivity index (χ4v) is 3.17. The van der Waals surface area contributed by atoms with Crippen LogP contribution in [0.4, 0.5) is 5.88 Å². The van der Waals surface area contributed by atoms with Crippen molar-refractivity contribution >= 4 is 22.6 Å². The average molecular weight is 384 g/mol. The number of aromatic amines is 1. The molecule has 1 amide bonds. The molecule has 2 heterocycles. The van der Waals surface area contributed by atoms with Crippen molar-refractivity contribution in [2.75, 3.05) is 25.5 Å². The van der Waals surface area contributed by atoms with Gasteiger partial charge in [0, 0.05) is 6.54 Å². The van der Waals surface area contributed by atoms with Gasteiger partial charge in [-0.05, 0) is 45.5 Å². The summed E-state index contributed by atoms with van der Waals surface area (Å²) in [5.74, 6) is 1.25. The van der Waals surface area contributed by atoms with Gasteiger partial charge in [-0.2, -0.15) is 5.10 Å². The van der Waals surface area contributed by atoms with Crippen LogP contribution in [0, 0.1) is 13.8 Å². The van der Waals surface area contributed by atoms with E-state index in [4.69, 9.17) is 9.15 Å². The Hall–Kier alpha value is -3.13. The third-order valence-corrected chi connectivity index (χ3v) is 4.35. The maximum atomic E-state index is 12.4. The summed E-state index contributed by atoms with van der Waals surface area (Å²) in [5, 5.41) is 10.0. The standard InChI is InChI=1S/C20H24N4O4/c1-5-27-15-8-6-14(7-9-15)10-24(4)11-16(25)21-20-18-17(13(3)28-20)12(2)22-23-19(18)26/h6-9H,5,10-11H2,1-4H3,(H,21,25)(H,23,26). The van der Waals surface area contributed by atoms with E-state index < -0.39 is 5.56 Å². The van der Waals surface area contributed by atoms with E-state index in [-0.39, 0.29) is 18.3 Å². The normalized spacial score (nSPS) is 11.2. The third kappa shape index (κ3) is 4.23. The van der Waals surface area contributed by atoms with Crippen molar-refractivity contribution in [3.63, 3.8) is 0 Å². The summed E-state index contributed by atoms with van der Waals surface area (Å²) >= 11 is 0. The lowest BCUT2D eigenvalue weighted by Crippen LogP contribution is -2.30. The smallest absolute Gasteiger partial charge is 0.277 e. The van der Waals surface area contributed by atoms with Crippen molar-refractivity contribution in [2.45, 2.75) is 27.3 Å². The molecule has 0 bridgehead atoms. The van der Waals surface area contributed by atoms with Gasteiger partial charge in [-0.1, -0.05) is 12.1 Å². The molecule has 1 aromatic carbocycles. The first-order chi connectivity index (χ1) is 13.4. The molecule has 0 saturated heterocycles. The number of anilines is 1. The molecular formula is C20H24N4O4. The van der Waals surface area contributed by atoms with Crippen LogP contribution >= 0.6 is 0 Å². The zero-order valence-electron chi connectivity index (χ0n) is 16.5. The Morgan fingerprint density at radius 3 is 2.64 bits per heavy atom. The molecule has 8 nitrogen and oxygen atoms in total. The van der Waals surface area contributed by atoms with Gasteiger partial charge in [0.25, 0.3) is 5.56 Å². The number of aromatic nitrogens is 2. The van der Waals surface area contributed by atoms with Crippen LogP contribution in [0.1, 0.15) is 23.9 Å². The van der Waals surface area contributed by atoms with Crippen molar-refractivity contribution < 1.29 is 13.9 Å². The number of nitrogens with zero attached hydrogens (tertiary/aromatic N) is 2. The van der Waals surface area contributed by atoms with Gasteiger partial charge in [-0.25, -0.2) is 5.10 Å². The highest BCUT2D eigenvalue weighted by Crippen LogP contribution is 2.28. The largest absolute Gasteiger partial charge is 0.494 e. The van der Waals surface area contributed by atoms with E-state index in [1.54, 1.807) is 13.8 Å². The number of hydrogen-bond acceptors (Lipinski definition) is 6. The quantitative estimate of drug-likeness (QED) is 0.649. The summed E-state index contributed by atoms with van der Waals surface area (Å²) in [5.41, 5.74) is 1.32. The molecule has 0 radical (unpaired) electrons. The summed E-state index contributed by atoms with van der Waals surface area (Å²) in [6.45, 7) is 6.83. The van der Waals surface area contributed by atoms with Crippen LogP contribution in [0.3, 0.4) is 0 Å². The van der Waals surface area contributed by atoms with Gasteiger partial charge in [-0.15, -0.1) is 0 Å². The number of ether oxygens (including phenoxy) is 1. The van der Waals surface area contributed by atoms with Crippen molar-refractivity contribution in [1.29, 1.82) is 0 Å². The number of rotatable bonds is 7. The van der Waals surface area contributed by atoms with E-state index in [9.17, 15) is 9.59 Å². The molecule has 0 unspecified atom stereocenters. The maximum Gasteiger partial charge on any atom is 0.277 e. The minimum Gasteiger partial charge on any atom is -0.494 e. The number of likely N-dealkylation sites (N-methyl/N-ethyl adjacent to an activating group) is 1. The predicted molar refractivity (Wildman–Crippen MR) is 107 cm³/mol. The Bertz CT molecular complexity index is 1040. The lowest BCUT2D eigenvalue weighted by atomic mass is 10.2. The van der Waals surface area contributed by atoms with E-state index in [2.05, 4.69) is 15.5 Å². The number of hydrogen-bond donors (Lipinski definition) is 2. The molecular weight excluding hydrogens is 360 g/mol. The molecule has 0 aliphatic heterocycles. The Morgan fingerprint density at radius 1 is 1.25 bits per heavy atom. The summed E-state index contributed by atoms with van der Waals surface area (Å²) in [7, 11) is 1.85. The molecule has 3 aromatic rings. The summed E-state index contributed by atoms with van der Waals surface area (Å²) in [6, 6.07) is 7.76. The van der Waals surface area contributed by atoms with Crippen LogP contribution in [-0.2, 0) is 11.3 Å². The minimum absolute atomic E-state index is 0.149. The molecule has 148 valence electrons. The molecule has 0 aliphatic rings. The number of furan rings is 1. The first-order valence-corrected chi connectivity index (χ1v) is 9.07. The lowest BCUT2D eigenvalue weighted by molar-refractivity contribution is -0.117. The second-order valence-electron chi connectivity index (χ2n) is 6.67. The number of carbonyl (C=O) groups excluding carboxylic acids is 1. The van der Waals surface area contributed by atoms with E-state index in [0.717, 1.165) is 11.3 Å². The van der Waals surface area contributed by atoms with E-state index in [1.165, 1.54) is 0 Å². The van der Waals surface area contributed by atoms with Crippen molar-refractivity contribution in [3.8, 4) is 5.75 Å². The molecule has 3 rings (SSSR count). The SMILES string of the molecule is CCOc1ccc(CN(C)CC(=O)Nc2oc(C)c3c(C)n[nH]c(=O)c23)cc1. The van der Waals surface area contributed by atoms with Crippen LogP contribution in [0.15, 0.2) is 33.5 Å². The van der Waals surface area contributed by atoms with Crippen molar-refractivity contribution in [3.05, 3.63) is 51.6 Å². The molecule has 0 aliphatic carbocycles. The third-order valence-electron chi connectivity index (χ3n) is 4.35. The van der Waals surface area contributed by atoms with Gasteiger partial charge < -0.3 is 9.15 Å². The molecule has 28 heavy (non-hydrogen) atoms. The second-order valence-corrected chi connectivity index (χ2v) is 6.67.